The molecule has 2 atom stereocenters. The van der Waals surface area contributed by atoms with Crippen molar-refractivity contribution in [3.63, 3.8) is 0 Å². The minimum absolute atomic E-state index is 0.00823. The van der Waals surface area contributed by atoms with E-state index < -0.39 is 51.8 Å². The van der Waals surface area contributed by atoms with Crippen LogP contribution >= 0.6 is 0 Å². The average Bonchev–Trinajstić information content (AvgIpc) is 3.18. The fourth-order valence-electron chi connectivity index (χ4n) is 4.16. The zero-order valence-electron chi connectivity index (χ0n) is 16.3. The van der Waals surface area contributed by atoms with Crippen LogP contribution in [-0.2, 0) is 10.1 Å². The Hall–Kier alpha value is -3.56. The first-order valence-corrected chi connectivity index (χ1v) is 10.8. The molecule has 1 N–H and O–H groups in total. The fraction of sp³-hybridized carbons (Fsp3) is 0.278. The number of benzene rings is 1. The second kappa shape index (κ2) is 7.22. The Bertz CT molecular complexity index is 1460. The van der Waals surface area contributed by atoms with Gasteiger partial charge in [-0.05, 0) is 18.6 Å². The van der Waals surface area contributed by atoms with Crippen molar-refractivity contribution in [3.8, 4) is 11.6 Å². The van der Waals surface area contributed by atoms with Gasteiger partial charge in [0.1, 0.15) is 5.75 Å². The summed E-state index contributed by atoms with van der Waals surface area (Å²) in [7, 11) is -6.23. The molecular weight excluding hydrogens is 498 g/mol. The van der Waals surface area contributed by atoms with Crippen LogP contribution in [0.25, 0.3) is 5.65 Å². The Morgan fingerprint density at radius 2 is 1.94 bits per heavy atom. The van der Waals surface area contributed by atoms with Crippen molar-refractivity contribution in [1.29, 1.82) is 0 Å². The van der Waals surface area contributed by atoms with E-state index in [1.165, 1.54) is 18.2 Å². The van der Waals surface area contributed by atoms with Crippen LogP contribution in [0.15, 0.2) is 24.4 Å². The van der Waals surface area contributed by atoms with Gasteiger partial charge >= 0.3 is 22.2 Å². The highest BCUT2D eigenvalue weighted by Crippen LogP contribution is 2.51. The number of aromatic nitrogens is 3. The first-order valence-electron chi connectivity index (χ1n) is 9.35. The Labute approximate surface area is 185 Å². The maximum Gasteiger partial charge on any atom is 0.534 e. The second-order valence-electron chi connectivity index (χ2n) is 7.35. The molecule has 0 saturated heterocycles. The number of rotatable bonds is 4. The van der Waals surface area contributed by atoms with Gasteiger partial charge in [0.05, 0.1) is 17.9 Å². The number of ether oxygens (including phenoxy) is 1. The minimum atomic E-state index is -6.23. The van der Waals surface area contributed by atoms with E-state index in [-0.39, 0.29) is 40.2 Å². The first-order chi connectivity index (χ1) is 15.9. The quantitative estimate of drug-likeness (QED) is 0.328. The van der Waals surface area contributed by atoms with Gasteiger partial charge in [0.15, 0.2) is 5.65 Å². The molecular formula is C18H10F6N4O5S. The second-order valence-corrected chi connectivity index (χ2v) is 8.89. The smallest absolute Gasteiger partial charge is 0.434 e. The molecule has 2 bridgehead atoms. The van der Waals surface area contributed by atoms with Crippen LogP contribution in [0.1, 0.15) is 45.6 Å². The van der Waals surface area contributed by atoms with E-state index in [2.05, 4.69) is 24.3 Å². The summed E-state index contributed by atoms with van der Waals surface area (Å²) >= 11 is 0. The lowest BCUT2D eigenvalue weighted by molar-refractivity contribution is -0.0510. The number of amides is 1. The number of nitrogens with zero attached hydrogens (tertiary/aromatic N) is 3. The maximum atomic E-state index is 14.3. The largest absolute Gasteiger partial charge is 0.534 e. The lowest BCUT2D eigenvalue weighted by Gasteiger charge is -2.18. The summed E-state index contributed by atoms with van der Waals surface area (Å²) in [6.45, 7) is -3.22. The molecule has 16 heteroatoms. The number of hydrogen-bond donors (Lipinski definition) is 1. The number of carbonyl (C=O) groups is 1. The number of hydrogen-bond acceptors (Lipinski definition) is 7. The highest BCUT2D eigenvalue weighted by molar-refractivity contribution is 7.87. The van der Waals surface area contributed by atoms with Gasteiger partial charge in [-0.15, -0.1) is 0 Å². The molecule has 1 aromatic carbocycles. The van der Waals surface area contributed by atoms with Crippen molar-refractivity contribution in [2.45, 2.75) is 30.5 Å². The third-order valence-corrected chi connectivity index (χ3v) is 6.34. The summed E-state index contributed by atoms with van der Waals surface area (Å²) in [6, 6.07) is 3.13. The standard InChI is InChI=1S/C18H10F6N4O5S/c19-8-5-28-14(26-16(8)33-34(30,31)18(22,23)24)12-7-4-9(13(12)27-28)25-15(29)6-2-1-3-10(11(6)7)32-17(20)21/h1-3,5,7,9,17H,4H2,(H,25,29). The molecule has 34 heavy (non-hydrogen) atoms. The van der Waals surface area contributed by atoms with E-state index in [4.69, 9.17) is 0 Å². The normalized spacial score (nSPS) is 19.6. The topological polar surface area (TPSA) is 112 Å². The van der Waals surface area contributed by atoms with Gasteiger partial charge in [-0.1, -0.05) is 6.07 Å². The SMILES string of the molecule is O=C1NC2CC(c3c(OC(F)F)cccc31)c1c2nn2cc(F)c(OS(=O)(=O)C(F)(F)F)nc12. The van der Waals surface area contributed by atoms with Crippen LogP contribution < -0.4 is 14.2 Å². The fourth-order valence-corrected chi connectivity index (χ4v) is 4.58. The highest BCUT2D eigenvalue weighted by atomic mass is 32.2. The van der Waals surface area contributed by atoms with Crippen LogP contribution in [0.4, 0.5) is 26.3 Å². The first kappa shape index (κ1) is 22.2. The Morgan fingerprint density at radius 1 is 1.21 bits per heavy atom. The van der Waals surface area contributed by atoms with E-state index in [0.717, 1.165) is 4.52 Å². The van der Waals surface area contributed by atoms with Crippen LogP contribution in [0.5, 0.6) is 11.6 Å². The minimum Gasteiger partial charge on any atom is -0.434 e. The Balaban J connectivity index is 1.71. The third-order valence-electron chi connectivity index (χ3n) is 5.40. The van der Waals surface area contributed by atoms with Crippen LogP contribution in [-0.4, -0.2) is 41.0 Å². The predicted octanol–water partition coefficient (Wildman–Crippen LogP) is 3.02. The highest BCUT2D eigenvalue weighted by Gasteiger charge is 2.50. The van der Waals surface area contributed by atoms with Gasteiger partial charge in [-0.2, -0.15) is 44.8 Å². The predicted molar refractivity (Wildman–Crippen MR) is 98.3 cm³/mol. The molecule has 2 aromatic heterocycles. The third kappa shape index (κ3) is 3.31. The Kier molecular flexibility index (Phi) is 4.72. The van der Waals surface area contributed by atoms with Crippen LogP contribution in [0.2, 0.25) is 0 Å². The van der Waals surface area contributed by atoms with E-state index in [0.29, 0.717) is 6.20 Å². The molecule has 5 rings (SSSR count). The summed E-state index contributed by atoms with van der Waals surface area (Å²) in [5, 5.41) is 6.76. The maximum absolute atomic E-state index is 14.3. The molecule has 3 heterocycles. The molecule has 1 aliphatic carbocycles. The van der Waals surface area contributed by atoms with Gasteiger partial charge < -0.3 is 14.2 Å². The molecule has 0 radical (unpaired) electrons. The van der Waals surface area contributed by atoms with Crippen molar-refractivity contribution in [3.05, 3.63) is 52.6 Å². The summed E-state index contributed by atoms with van der Waals surface area (Å²) in [5.74, 6) is -4.83. The van der Waals surface area contributed by atoms with Crippen LogP contribution in [0.3, 0.4) is 0 Å². The monoisotopic (exact) mass is 508 g/mol. The van der Waals surface area contributed by atoms with Crippen molar-refractivity contribution in [2.24, 2.45) is 0 Å². The summed E-state index contributed by atoms with van der Waals surface area (Å²) in [4.78, 5) is 16.3. The molecule has 2 unspecified atom stereocenters. The molecule has 180 valence electrons. The van der Waals surface area contributed by atoms with E-state index in [1.807, 2.05) is 0 Å². The number of alkyl halides is 5. The molecule has 2 aliphatic rings. The summed E-state index contributed by atoms with van der Waals surface area (Å²) in [6.07, 6.45) is 0.658. The molecule has 0 fully saturated rings. The van der Waals surface area contributed by atoms with E-state index in [9.17, 15) is 39.6 Å². The Morgan fingerprint density at radius 3 is 2.62 bits per heavy atom. The zero-order valence-corrected chi connectivity index (χ0v) is 17.1. The molecule has 1 amide bonds. The van der Waals surface area contributed by atoms with Gasteiger partial charge in [0, 0.05) is 22.6 Å². The lowest BCUT2D eigenvalue weighted by Crippen LogP contribution is -2.28. The molecule has 0 spiro atoms. The van der Waals surface area contributed by atoms with Gasteiger partial charge in [0.2, 0.25) is 5.82 Å². The summed E-state index contributed by atoms with van der Waals surface area (Å²) in [5.41, 5.74) is -5.76. The van der Waals surface area contributed by atoms with Crippen molar-refractivity contribution >= 4 is 21.7 Å². The van der Waals surface area contributed by atoms with Gasteiger partial charge in [-0.25, -0.2) is 4.52 Å². The number of carbonyl (C=O) groups excluding carboxylic acids is 1. The van der Waals surface area contributed by atoms with Gasteiger partial charge in [-0.3, -0.25) is 4.79 Å². The van der Waals surface area contributed by atoms with E-state index >= 15 is 0 Å². The summed E-state index contributed by atoms with van der Waals surface area (Å²) < 4.78 is 110. The van der Waals surface area contributed by atoms with Crippen molar-refractivity contribution in [2.75, 3.05) is 0 Å². The zero-order chi connectivity index (χ0) is 24.6. The van der Waals surface area contributed by atoms with Gasteiger partial charge in [0.25, 0.3) is 11.8 Å². The molecule has 9 nitrogen and oxygen atoms in total. The average molecular weight is 508 g/mol. The molecule has 1 aliphatic heterocycles. The van der Waals surface area contributed by atoms with Crippen molar-refractivity contribution in [1.82, 2.24) is 19.9 Å². The van der Waals surface area contributed by atoms with Crippen LogP contribution in [0, 0.1) is 5.82 Å². The van der Waals surface area contributed by atoms with E-state index in [1.54, 1.807) is 0 Å². The number of halogens is 6. The van der Waals surface area contributed by atoms with Crippen molar-refractivity contribution < 1.29 is 48.5 Å². The molecule has 3 aromatic rings. The lowest BCUT2D eigenvalue weighted by atomic mass is 9.89. The number of nitrogens with one attached hydrogen (secondary N) is 1. The molecule has 0 saturated carbocycles. The number of fused-ring (bicyclic) bond motifs is 9.